The quantitative estimate of drug-likeness (QED) is 0.593. The largest absolute Gasteiger partial charge is 0.471 e. The number of nitrogens with zero attached hydrogens (tertiary/aromatic N) is 4. The van der Waals surface area contributed by atoms with E-state index >= 15 is 0 Å². The molecule has 3 aliphatic rings. The molecule has 2 aliphatic carbocycles. The first kappa shape index (κ1) is 25.9. The molecule has 3 fully saturated rings. The number of alkyl halides is 3. The SMILES string of the molecule is CC1(C(NC(=O)C(F)(F)F)C(=O)N2C[C@H]3[C@@H]([C@H]2C(=O)NC(C#N)c2cncc4cccnc24)C3(C)C)CC1. The van der Waals surface area contributed by atoms with E-state index in [1.54, 1.807) is 31.5 Å². The number of amides is 3. The summed E-state index contributed by atoms with van der Waals surface area (Å²) in [5, 5.41) is 15.2. The zero-order valence-corrected chi connectivity index (χ0v) is 21.0. The van der Waals surface area contributed by atoms with Crippen molar-refractivity contribution in [2.45, 2.75) is 57.9 Å². The molecule has 0 bridgehead atoms. The second kappa shape index (κ2) is 8.64. The van der Waals surface area contributed by atoms with Crippen LogP contribution in [0.5, 0.6) is 0 Å². The molecule has 2 aromatic heterocycles. The molecule has 5 rings (SSSR count). The molecule has 1 saturated heterocycles. The molecule has 2 unspecified atom stereocenters. The lowest BCUT2D eigenvalue weighted by Gasteiger charge is -2.35. The number of halogens is 3. The fourth-order valence-electron chi connectivity index (χ4n) is 5.85. The highest BCUT2D eigenvalue weighted by Gasteiger charge is 2.70. The van der Waals surface area contributed by atoms with E-state index < -0.39 is 47.4 Å². The summed E-state index contributed by atoms with van der Waals surface area (Å²) in [5.41, 5.74) is -0.203. The standard InChI is InChI=1S/C26H27F3N6O3/c1-24(2)15-12-35(22(37)20(25(3)6-7-25)34-23(38)26(27,28)29)19(17(15)24)21(36)33-16(9-30)14-11-31-10-13-5-4-8-32-18(13)14/h4-5,8,10-11,15-17,19-20H,6-7,12H2,1-3H3,(H,33,36)(H,34,38)/t15-,16?,17-,19-,20?/m0/s1. The molecule has 38 heavy (non-hydrogen) atoms. The predicted molar refractivity (Wildman–Crippen MR) is 128 cm³/mol. The zero-order chi connectivity index (χ0) is 27.6. The van der Waals surface area contributed by atoms with Crippen molar-refractivity contribution in [3.05, 3.63) is 36.3 Å². The third-order valence-electron chi connectivity index (χ3n) is 8.54. The molecule has 0 aromatic carbocycles. The highest BCUT2D eigenvalue weighted by atomic mass is 19.4. The fourth-order valence-corrected chi connectivity index (χ4v) is 5.85. The van der Waals surface area contributed by atoms with E-state index in [-0.39, 0.29) is 23.8 Å². The average molecular weight is 529 g/mol. The summed E-state index contributed by atoms with van der Waals surface area (Å²) < 4.78 is 39.1. The van der Waals surface area contributed by atoms with Crippen molar-refractivity contribution >= 4 is 28.6 Å². The van der Waals surface area contributed by atoms with E-state index in [1.807, 2.05) is 19.2 Å². The molecule has 2 N–H and O–H groups in total. The normalized spacial score (nSPS) is 26.0. The molecule has 5 atom stereocenters. The van der Waals surface area contributed by atoms with Crippen molar-refractivity contribution in [3.63, 3.8) is 0 Å². The predicted octanol–water partition coefficient (Wildman–Crippen LogP) is 2.64. The van der Waals surface area contributed by atoms with Gasteiger partial charge in [0.1, 0.15) is 18.1 Å². The lowest BCUT2D eigenvalue weighted by Crippen LogP contribution is -2.59. The molecule has 0 radical (unpaired) electrons. The van der Waals surface area contributed by atoms with Crippen LogP contribution in [0.4, 0.5) is 13.2 Å². The number of hydrogen-bond donors (Lipinski definition) is 2. The molecular weight excluding hydrogens is 501 g/mol. The van der Waals surface area contributed by atoms with Gasteiger partial charge in [-0.25, -0.2) is 0 Å². The van der Waals surface area contributed by atoms with Gasteiger partial charge >= 0.3 is 12.1 Å². The van der Waals surface area contributed by atoms with Gasteiger partial charge < -0.3 is 15.5 Å². The number of carbonyl (C=O) groups excluding carboxylic acids is 3. The van der Waals surface area contributed by atoms with Gasteiger partial charge in [0.15, 0.2) is 0 Å². The molecule has 200 valence electrons. The van der Waals surface area contributed by atoms with Crippen LogP contribution in [-0.4, -0.2) is 57.4 Å². The fraction of sp³-hybridized carbons (Fsp3) is 0.538. The lowest BCUT2D eigenvalue weighted by atomic mass is 9.94. The number of carbonyl (C=O) groups is 3. The van der Waals surface area contributed by atoms with Crippen LogP contribution in [0.1, 0.15) is 45.2 Å². The van der Waals surface area contributed by atoms with Crippen LogP contribution in [-0.2, 0) is 14.4 Å². The number of nitriles is 1. The Bertz CT molecular complexity index is 1360. The molecule has 2 saturated carbocycles. The van der Waals surface area contributed by atoms with Crippen LogP contribution >= 0.6 is 0 Å². The van der Waals surface area contributed by atoms with Gasteiger partial charge in [-0.1, -0.05) is 20.8 Å². The van der Waals surface area contributed by atoms with Crippen LogP contribution in [0.3, 0.4) is 0 Å². The molecule has 2 aromatic rings. The summed E-state index contributed by atoms with van der Waals surface area (Å²) in [4.78, 5) is 48.8. The second-order valence-electron chi connectivity index (χ2n) is 11.3. The Balaban J connectivity index is 1.42. The van der Waals surface area contributed by atoms with Gasteiger partial charge in [0, 0.05) is 36.1 Å². The number of rotatable bonds is 6. The van der Waals surface area contributed by atoms with E-state index in [0.717, 1.165) is 0 Å². The van der Waals surface area contributed by atoms with E-state index in [2.05, 4.69) is 21.4 Å². The minimum Gasteiger partial charge on any atom is -0.336 e. The molecule has 3 amide bonds. The van der Waals surface area contributed by atoms with Crippen molar-refractivity contribution in [2.24, 2.45) is 22.7 Å². The summed E-state index contributed by atoms with van der Waals surface area (Å²) >= 11 is 0. The van der Waals surface area contributed by atoms with Gasteiger partial charge in [0.2, 0.25) is 11.8 Å². The van der Waals surface area contributed by atoms with Crippen molar-refractivity contribution < 1.29 is 27.6 Å². The summed E-state index contributed by atoms with van der Waals surface area (Å²) in [7, 11) is 0. The third kappa shape index (κ3) is 4.23. The first-order chi connectivity index (χ1) is 17.8. The molecule has 3 heterocycles. The maximum Gasteiger partial charge on any atom is 0.471 e. The number of fused-ring (bicyclic) bond motifs is 2. The zero-order valence-electron chi connectivity index (χ0n) is 21.0. The van der Waals surface area contributed by atoms with Crippen LogP contribution < -0.4 is 10.6 Å². The third-order valence-corrected chi connectivity index (χ3v) is 8.54. The number of hydrogen-bond acceptors (Lipinski definition) is 6. The molecule has 0 spiro atoms. The van der Waals surface area contributed by atoms with Crippen LogP contribution in [0, 0.1) is 34.0 Å². The van der Waals surface area contributed by atoms with Crippen LogP contribution in [0.25, 0.3) is 10.9 Å². The minimum absolute atomic E-state index is 0.0328. The summed E-state index contributed by atoms with van der Waals surface area (Å²) in [6.45, 7) is 5.76. The molecular formula is C26H27F3N6O3. The Hall–Kier alpha value is -3.75. The minimum atomic E-state index is -5.14. The highest BCUT2D eigenvalue weighted by Crippen LogP contribution is 2.65. The van der Waals surface area contributed by atoms with Gasteiger partial charge in [-0.15, -0.1) is 0 Å². The Labute approximate surface area is 216 Å². The summed E-state index contributed by atoms with van der Waals surface area (Å²) in [6, 6.07) is 2.03. The molecule has 1 aliphatic heterocycles. The van der Waals surface area contributed by atoms with Crippen molar-refractivity contribution in [2.75, 3.05) is 6.54 Å². The first-order valence-electron chi connectivity index (χ1n) is 12.4. The lowest BCUT2D eigenvalue weighted by molar-refractivity contribution is -0.176. The first-order valence-corrected chi connectivity index (χ1v) is 12.4. The van der Waals surface area contributed by atoms with E-state index in [1.165, 1.54) is 11.1 Å². The molecule has 12 heteroatoms. The second-order valence-corrected chi connectivity index (χ2v) is 11.3. The van der Waals surface area contributed by atoms with Gasteiger partial charge in [-0.2, -0.15) is 18.4 Å². The van der Waals surface area contributed by atoms with Crippen molar-refractivity contribution in [3.8, 4) is 6.07 Å². The smallest absolute Gasteiger partial charge is 0.336 e. The van der Waals surface area contributed by atoms with Gasteiger partial charge in [0.05, 0.1) is 11.6 Å². The number of nitrogens with one attached hydrogen (secondary N) is 2. The van der Waals surface area contributed by atoms with Gasteiger partial charge in [-0.3, -0.25) is 24.4 Å². The Morgan fingerprint density at radius 2 is 1.89 bits per heavy atom. The Kier molecular flexibility index (Phi) is 5.89. The summed E-state index contributed by atoms with van der Waals surface area (Å²) in [5.74, 6) is -3.75. The number of pyridine rings is 2. The van der Waals surface area contributed by atoms with Crippen molar-refractivity contribution in [1.82, 2.24) is 25.5 Å². The summed E-state index contributed by atoms with van der Waals surface area (Å²) in [6.07, 6.45) is 0.400. The van der Waals surface area contributed by atoms with Gasteiger partial charge in [0.25, 0.3) is 0 Å². The highest BCUT2D eigenvalue weighted by molar-refractivity contribution is 5.95. The van der Waals surface area contributed by atoms with E-state index in [4.69, 9.17) is 0 Å². The van der Waals surface area contributed by atoms with Crippen LogP contribution in [0.2, 0.25) is 0 Å². The Morgan fingerprint density at radius 3 is 2.53 bits per heavy atom. The maximum atomic E-state index is 13.7. The van der Waals surface area contributed by atoms with E-state index in [9.17, 15) is 32.8 Å². The molecule has 9 nitrogen and oxygen atoms in total. The number of aromatic nitrogens is 2. The van der Waals surface area contributed by atoms with E-state index in [0.29, 0.717) is 29.3 Å². The maximum absolute atomic E-state index is 13.7. The Morgan fingerprint density at radius 1 is 1.18 bits per heavy atom. The number of likely N-dealkylation sites (tertiary alicyclic amines) is 1. The van der Waals surface area contributed by atoms with Gasteiger partial charge in [-0.05, 0) is 47.6 Å². The van der Waals surface area contributed by atoms with Crippen molar-refractivity contribution in [1.29, 1.82) is 5.26 Å². The topological polar surface area (TPSA) is 128 Å². The van der Waals surface area contributed by atoms with Crippen LogP contribution in [0.15, 0.2) is 30.7 Å². The number of piperidine rings is 1. The monoisotopic (exact) mass is 528 g/mol. The average Bonchev–Trinajstić information content (AvgIpc) is 3.65.